The fourth-order valence-electron chi connectivity index (χ4n) is 2.85. The Balaban J connectivity index is 0.00000364. The molecular formula is C17H24ClN3O6. The summed E-state index contributed by atoms with van der Waals surface area (Å²) in [7, 11) is 4.74. The maximum Gasteiger partial charge on any atom is 0.322 e. The third-order valence-electron chi connectivity index (χ3n) is 4.19. The molecule has 1 aliphatic rings. The number of anilines is 1. The average Bonchev–Trinajstić information content (AvgIpc) is 3.01. The molecular weight excluding hydrogens is 378 g/mol. The molecule has 0 spiro atoms. The molecule has 1 aromatic carbocycles. The van der Waals surface area contributed by atoms with Gasteiger partial charge in [-0.05, 0) is 13.5 Å². The standard InChI is InChI=1S/C17H23N3O6.ClH/c1-19(10-15(21)18-9-16(22)23)14-4-5-20(17(14)24)11-6-12(25-2)8-13(7-11)26-3;/h6-8,14H,4-5,9-10H2,1-3H3,(H,18,21)(H,22,23);1H. The number of carboxylic acids is 1. The number of amides is 2. The summed E-state index contributed by atoms with van der Waals surface area (Å²) in [6.07, 6.45) is 0.557. The van der Waals surface area contributed by atoms with Crippen LogP contribution in [0.25, 0.3) is 0 Å². The molecule has 2 amide bonds. The van der Waals surface area contributed by atoms with Crippen LogP contribution in [0.1, 0.15) is 6.42 Å². The molecule has 1 fully saturated rings. The Hall–Kier alpha value is -2.52. The second-order valence-electron chi connectivity index (χ2n) is 5.95. The molecule has 1 aliphatic heterocycles. The lowest BCUT2D eigenvalue weighted by Gasteiger charge is -2.23. The lowest BCUT2D eigenvalue weighted by molar-refractivity contribution is -0.138. The fourth-order valence-corrected chi connectivity index (χ4v) is 2.85. The number of carbonyl (C=O) groups is 3. The van der Waals surface area contributed by atoms with Gasteiger partial charge in [-0.2, -0.15) is 0 Å². The summed E-state index contributed by atoms with van der Waals surface area (Å²) in [4.78, 5) is 38.3. The van der Waals surface area contributed by atoms with E-state index >= 15 is 0 Å². The van der Waals surface area contributed by atoms with Crippen LogP contribution in [0.2, 0.25) is 0 Å². The molecule has 10 heteroatoms. The molecule has 0 radical (unpaired) electrons. The van der Waals surface area contributed by atoms with Crippen LogP contribution in [-0.4, -0.2) is 74.7 Å². The summed E-state index contributed by atoms with van der Waals surface area (Å²) in [5, 5.41) is 10.9. The number of methoxy groups -OCH3 is 2. The average molecular weight is 402 g/mol. The van der Waals surface area contributed by atoms with Crippen molar-refractivity contribution in [3.05, 3.63) is 18.2 Å². The molecule has 2 rings (SSSR count). The van der Waals surface area contributed by atoms with Gasteiger partial charge < -0.3 is 24.8 Å². The molecule has 9 nitrogen and oxygen atoms in total. The molecule has 2 N–H and O–H groups in total. The Morgan fingerprint density at radius 2 is 1.85 bits per heavy atom. The second kappa shape index (κ2) is 9.98. The zero-order valence-electron chi connectivity index (χ0n) is 15.4. The molecule has 27 heavy (non-hydrogen) atoms. The number of rotatable bonds is 8. The van der Waals surface area contributed by atoms with E-state index < -0.39 is 24.5 Å². The molecule has 1 atom stereocenters. The van der Waals surface area contributed by atoms with Crippen LogP contribution in [0.15, 0.2) is 18.2 Å². The topological polar surface area (TPSA) is 108 Å². The minimum absolute atomic E-state index is 0. The van der Waals surface area contributed by atoms with Crippen molar-refractivity contribution in [3.63, 3.8) is 0 Å². The zero-order valence-corrected chi connectivity index (χ0v) is 16.2. The second-order valence-corrected chi connectivity index (χ2v) is 5.95. The molecule has 0 aliphatic carbocycles. The Kier molecular flexibility index (Phi) is 8.32. The third kappa shape index (κ3) is 5.73. The van der Waals surface area contributed by atoms with E-state index in [9.17, 15) is 14.4 Å². The van der Waals surface area contributed by atoms with Crippen LogP contribution < -0.4 is 19.7 Å². The van der Waals surface area contributed by atoms with Crippen LogP contribution in [0.4, 0.5) is 5.69 Å². The van der Waals surface area contributed by atoms with Crippen molar-refractivity contribution < 1.29 is 29.0 Å². The van der Waals surface area contributed by atoms with E-state index in [1.165, 1.54) is 14.2 Å². The SMILES string of the molecule is COc1cc(OC)cc(N2CCC(N(C)CC(=O)NCC(=O)O)C2=O)c1.Cl. The summed E-state index contributed by atoms with van der Waals surface area (Å²) in [5.74, 6) is -0.525. The largest absolute Gasteiger partial charge is 0.497 e. The number of halogens is 1. The van der Waals surface area contributed by atoms with Crippen molar-refractivity contribution >= 4 is 35.9 Å². The lowest BCUT2D eigenvalue weighted by atomic mass is 10.2. The van der Waals surface area contributed by atoms with Crippen molar-refractivity contribution in [1.29, 1.82) is 0 Å². The van der Waals surface area contributed by atoms with Gasteiger partial charge >= 0.3 is 5.97 Å². The zero-order chi connectivity index (χ0) is 19.3. The van der Waals surface area contributed by atoms with Gasteiger partial charge in [-0.25, -0.2) is 0 Å². The minimum Gasteiger partial charge on any atom is -0.497 e. The molecule has 150 valence electrons. The van der Waals surface area contributed by atoms with Gasteiger partial charge in [0, 0.05) is 24.7 Å². The number of nitrogens with zero attached hydrogens (tertiary/aromatic N) is 2. The predicted octanol–water partition coefficient (Wildman–Crippen LogP) is 0.364. The number of carbonyl (C=O) groups excluding carboxylic acids is 2. The first-order valence-electron chi connectivity index (χ1n) is 8.09. The Labute approximate surface area is 163 Å². The number of likely N-dealkylation sites (N-methyl/N-ethyl adjacent to an activating group) is 1. The quantitative estimate of drug-likeness (QED) is 0.647. The molecule has 0 bridgehead atoms. The highest BCUT2D eigenvalue weighted by Gasteiger charge is 2.36. The van der Waals surface area contributed by atoms with E-state index in [1.54, 1.807) is 35.0 Å². The van der Waals surface area contributed by atoms with Crippen molar-refractivity contribution in [2.75, 3.05) is 45.8 Å². The first kappa shape index (κ1) is 22.5. The van der Waals surface area contributed by atoms with E-state index in [2.05, 4.69) is 5.32 Å². The number of hydrogen-bond donors (Lipinski definition) is 2. The van der Waals surface area contributed by atoms with Gasteiger partial charge in [-0.15, -0.1) is 12.4 Å². The van der Waals surface area contributed by atoms with Gasteiger partial charge in [0.05, 0.1) is 32.5 Å². The number of nitrogens with one attached hydrogen (secondary N) is 1. The summed E-state index contributed by atoms with van der Waals surface area (Å²) in [6.45, 7) is 0.000874. The number of hydrogen-bond acceptors (Lipinski definition) is 6. The highest BCUT2D eigenvalue weighted by molar-refractivity contribution is 6.00. The van der Waals surface area contributed by atoms with Crippen molar-refractivity contribution in [2.24, 2.45) is 0 Å². The fraction of sp³-hybridized carbons (Fsp3) is 0.471. The summed E-state index contributed by atoms with van der Waals surface area (Å²) < 4.78 is 10.5. The molecule has 1 unspecified atom stereocenters. The van der Waals surface area contributed by atoms with E-state index in [1.807, 2.05) is 0 Å². The third-order valence-corrected chi connectivity index (χ3v) is 4.19. The number of benzene rings is 1. The first-order valence-corrected chi connectivity index (χ1v) is 8.09. The van der Waals surface area contributed by atoms with E-state index in [0.717, 1.165) is 0 Å². The molecule has 1 saturated heterocycles. The van der Waals surface area contributed by atoms with Crippen molar-refractivity contribution in [3.8, 4) is 11.5 Å². The molecule has 1 heterocycles. The van der Waals surface area contributed by atoms with Gasteiger partial charge in [0.15, 0.2) is 0 Å². The monoisotopic (exact) mass is 401 g/mol. The maximum atomic E-state index is 12.8. The van der Waals surface area contributed by atoms with Crippen LogP contribution in [0, 0.1) is 0 Å². The molecule has 0 aromatic heterocycles. The smallest absolute Gasteiger partial charge is 0.322 e. The van der Waals surface area contributed by atoms with Gasteiger partial charge in [0.25, 0.3) is 0 Å². The van der Waals surface area contributed by atoms with Crippen molar-refractivity contribution in [1.82, 2.24) is 10.2 Å². The van der Waals surface area contributed by atoms with Gasteiger partial charge in [0.2, 0.25) is 11.8 Å². The normalized spacial score (nSPS) is 16.1. The number of carboxylic acid groups (broad SMARTS) is 1. The summed E-state index contributed by atoms with van der Waals surface area (Å²) >= 11 is 0. The summed E-state index contributed by atoms with van der Waals surface area (Å²) in [6, 6.07) is 4.77. The van der Waals surface area contributed by atoms with Crippen LogP contribution >= 0.6 is 12.4 Å². The molecule has 1 aromatic rings. The molecule has 0 saturated carbocycles. The predicted molar refractivity (Wildman–Crippen MR) is 101 cm³/mol. The highest BCUT2D eigenvalue weighted by atomic mass is 35.5. The maximum absolute atomic E-state index is 12.8. The summed E-state index contributed by atoms with van der Waals surface area (Å²) in [5.41, 5.74) is 0.664. The number of ether oxygens (including phenoxy) is 2. The van der Waals surface area contributed by atoms with Crippen LogP contribution in [-0.2, 0) is 14.4 Å². The van der Waals surface area contributed by atoms with Gasteiger partial charge in [-0.1, -0.05) is 0 Å². The highest BCUT2D eigenvalue weighted by Crippen LogP contribution is 2.31. The first-order chi connectivity index (χ1) is 12.3. The number of aliphatic carboxylic acids is 1. The Morgan fingerprint density at radius 1 is 1.26 bits per heavy atom. The lowest BCUT2D eigenvalue weighted by Crippen LogP contribution is -2.45. The van der Waals surface area contributed by atoms with E-state index in [0.29, 0.717) is 30.2 Å². The van der Waals surface area contributed by atoms with E-state index in [-0.39, 0.29) is 24.9 Å². The van der Waals surface area contributed by atoms with Gasteiger partial charge in [-0.3, -0.25) is 19.3 Å². The van der Waals surface area contributed by atoms with E-state index in [4.69, 9.17) is 14.6 Å². The van der Waals surface area contributed by atoms with Crippen molar-refractivity contribution in [2.45, 2.75) is 12.5 Å². The van der Waals surface area contributed by atoms with Crippen LogP contribution in [0.3, 0.4) is 0 Å². The minimum atomic E-state index is -1.11. The Bertz CT molecular complexity index is 677. The Morgan fingerprint density at radius 3 is 2.37 bits per heavy atom. The van der Waals surface area contributed by atoms with Crippen LogP contribution in [0.5, 0.6) is 11.5 Å². The van der Waals surface area contributed by atoms with Gasteiger partial charge in [0.1, 0.15) is 18.0 Å².